The number of hydrogen-bond donors (Lipinski definition) is 1. The van der Waals surface area contributed by atoms with Crippen molar-refractivity contribution in [2.75, 3.05) is 13.2 Å². The molecule has 1 atom stereocenters. The smallest absolute Gasteiger partial charge is 0.295 e. The van der Waals surface area contributed by atoms with Crippen molar-refractivity contribution in [1.82, 2.24) is 4.90 Å². The van der Waals surface area contributed by atoms with Crippen LogP contribution in [0.25, 0.3) is 5.76 Å². The van der Waals surface area contributed by atoms with Gasteiger partial charge in [-0.15, -0.1) is 0 Å². The number of carbonyl (C=O) groups is 2. The lowest BCUT2D eigenvalue weighted by Crippen LogP contribution is -2.30. The topological polar surface area (TPSA) is 66.8 Å². The molecule has 5 heteroatoms. The van der Waals surface area contributed by atoms with E-state index in [1.165, 1.54) is 0 Å². The maximum Gasteiger partial charge on any atom is 0.295 e. The normalized spacial score (nSPS) is 17.9. The number of aliphatic hydroxyl groups excluding tert-OH is 1. The van der Waals surface area contributed by atoms with Crippen molar-refractivity contribution < 1.29 is 19.4 Å². The number of benzene rings is 2. The minimum Gasteiger partial charge on any atom is -0.507 e. The van der Waals surface area contributed by atoms with Crippen LogP contribution < -0.4 is 4.74 Å². The van der Waals surface area contributed by atoms with Crippen molar-refractivity contribution in [3.8, 4) is 5.75 Å². The van der Waals surface area contributed by atoms with Crippen LogP contribution in [0.4, 0.5) is 0 Å². The van der Waals surface area contributed by atoms with Gasteiger partial charge in [-0.25, -0.2) is 0 Å². The molecule has 2 aromatic rings. The number of aryl methyl sites for hydroxylation is 2. The van der Waals surface area contributed by atoms with Crippen LogP contribution in [0, 0.1) is 13.8 Å². The fraction of sp³-hybridized carbons (Fsp3) is 0.385. The van der Waals surface area contributed by atoms with Crippen LogP contribution in [0.5, 0.6) is 5.75 Å². The van der Waals surface area contributed by atoms with Gasteiger partial charge in [0.2, 0.25) is 0 Å². The van der Waals surface area contributed by atoms with E-state index in [-0.39, 0.29) is 11.3 Å². The third-order valence-electron chi connectivity index (χ3n) is 5.83. The van der Waals surface area contributed by atoms with Gasteiger partial charge in [-0.3, -0.25) is 9.59 Å². The lowest BCUT2D eigenvalue weighted by molar-refractivity contribution is -0.139. The Morgan fingerprint density at radius 1 is 1.00 bits per heavy atom. The van der Waals surface area contributed by atoms with Crippen LogP contribution >= 0.6 is 0 Å². The van der Waals surface area contributed by atoms with Crippen LogP contribution in [0.1, 0.15) is 61.4 Å². The zero-order valence-corrected chi connectivity index (χ0v) is 18.8. The third-order valence-corrected chi connectivity index (χ3v) is 5.83. The summed E-state index contributed by atoms with van der Waals surface area (Å²) < 4.78 is 5.53. The molecule has 1 fully saturated rings. The number of nitrogens with zero attached hydrogens (tertiary/aromatic N) is 1. The number of ketones is 1. The van der Waals surface area contributed by atoms with E-state index in [4.69, 9.17) is 4.74 Å². The number of unbranched alkanes of at least 4 members (excludes halogenated alkanes) is 2. The highest BCUT2D eigenvalue weighted by Crippen LogP contribution is 2.40. The zero-order valence-electron chi connectivity index (χ0n) is 18.8. The Morgan fingerprint density at radius 2 is 1.71 bits per heavy atom. The van der Waals surface area contributed by atoms with E-state index in [1.54, 1.807) is 11.0 Å². The molecule has 1 unspecified atom stereocenters. The maximum absolute atomic E-state index is 13.0. The lowest BCUT2D eigenvalue weighted by Gasteiger charge is -2.25. The van der Waals surface area contributed by atoms with Gasteiger partial charge >= 0.3 is 0 Å². The molecule has 0 radical (unpaired) electrons. The molecule has 5 nitrogen and oxygen atoms in total. The average Bonchev–Trinajstić information content (AvgIpc) is 3.01. The molecule has 0 saturated carbocycles. The van der Waals surface area contributed by atoms with E-state index in [0.717, 1.165) is 41.7 Å². The summed E-state index contributed by atoms with van der Waals surface area (Å²) in [6, 6.07) is 12.3. The van der Waals surface area contributed by atoms with Crippen molar-refractivity contribution in [3.05, 3.63) is 70.3 Å². The van der Waals surface area contributed by atoms with E-state index in [1.807, 2.05) is 57.2 Å². The molecular weight excluding hydrogens is 390 g/mol. The van der Waals surface area contributed by atoms with Gasteiger partial charge < -0.3 is 14.7 Å². The van der Waals surface area contributed by atoms with E-state index in [9.17, 15) is 14.7 Å². The molecule has 3 rings (SSSR count). The predicted molar refractivity (Wildman–Crippen MR) is 122 cm³/mol. The molecule has 1 saturated heterocycles. The SMILES string of the molecule is CCCCCN1C(=O)C(=O)/C(=C(\O)c2ccc(C)c(C)c2)C1c1ccc(OCC)cc1. The van der Waals surface area contributed by atoms with E-state index in [2.05, 4.69) is 6.92 Å². The molecule has 0 aromatic heterocycles. The third kappa shape index (κ3) is 4.66. The Morgan fingerprint density at radius 3 is 2.32 bits per heavy atom. The molecule has 1 aliphatic heterocycles. The number of ether oxygens (including phenoxy) is 1. The van der Waals surface area contributed by atoms with E-state index in [0.29, 0.717) is 18.7 Å². The van der Waals surface area contributed by atoms with Gasteiger partial charge in [-0.05, 0) is 62.1 Å². The molecule has 0 aliphatic carbocycles. The standard InChI is InChI=1S/C26H31NO4/c1-5-7-8-15-27-23(19-11-13-21(14-12-19)31-6-2)22(25(29)26(27)30)24(28)20-10-9-17(3)18(4)16-20/h9-14,16,23,28H,5-8,15H2,1-4H3/b24-22-. The fourth-order valence-electron chi connectivity index (χ4n) is 3.95. The van der Waals surface area contributed by atoms with Gasteiger partial charge in [-0.1, -0.05) is 44.0 Å². The van der Waals surface area contributed by atoms with Gasteiger partial charge in [0.1, 0.15) is 11.5 Å². The number of aliphatic hydroxyl groups is 1. The van der Waals surface area contributed by atoms with Gasteiger partial charge in [0.15, 0.2) is 0 Å². The molecule has 1 amide bonds. The summed E-state index contributed by atoms with van der Waals surface area (Å²) >= 11 is 0. The maximum atomic E-state index is 13.0. The van der Waals surface area contributed by atoms with Gasteiger partial charge in [0.25, 0.3) is 11.7 Å². The summed E-state index contributed by atoms with van der Waals surface area (Å²) in [5.41, 5.74) is 3.59. The van der Waals surface area contributed by atoms with Crippen molar-refractivity contribution in [2.24, 2.45) is 0 Å². The zero-order chi connectivity index (χ0) is 22.5. The summed E-state index contributed by atoms with van der Waals surface area (Å²) in [4.78, 5) is 27.6. The van der Waals surface area contributed by atoms with Crippen molar-refractivity contribution in [2.45, 2.75) is 53.0 Å². The summed E-state index contributed by atoms with van der Waals surface area (Å²) in [5.74, 6) is -0.590. The Kier molecular flexibility index (Phi) is 7.16. The minimum absolute atomic E-state index is 0.127. The molecule has 1 heterocycles. The van der Waals surface area contributed by atoms with Crippen molar-refractivity contribution >= 4 is 17.4 Å². The predicted octanol–water partition coefficient (Wildman–Crippen LogP) is 5.31. The average molecular weight is 422 g/mol. The number of rotatable bonds is 8. The second-order valence-corrected chi connectivity index (χ2v) is 8.00. The summed E-state index contributed by atoms with van der Waals surface area (Å²) in [6.07, 6.45) is 2.79. The fourth-order valence-corrected chi connectivity index (χ4v) is 3.95. The largest absolute Gasteiger partial charge is 0.507 e. The number of likely N-dealkylation sites (tertiary alicyclic amines) is 1. The van der Waals surface area contributed by atoms with Gasteiger partial charge in [0, 0.05) is 12.1 Å². The molecule has 164 valence electrons. The number of Topliss-reactive ketones (excluding diaryl/α,β-unsaturated/α-hetero) is 1. The minimum atomic E-state index is -0.633. The quantitative estimate of drug-likeness (QED) is 0.271. The molecule has 1 aliphatic rings. The van der Waals surface area contributed by atoms with Crippen LogP contribution in [-0.2, 0) is 9.59 Å². The highest BCUT2D eigenvalue weighted by molar-refractivity contribution is 6.46. The highest BCUT2D eigenvalue weighted by atomic mass is 16.5. The molecular formula is C26H31NO4. The number of carbonyl (C=O) groups excluding carboxylic acids is 2. The first-order chi connectivity index (χ1) is 14.9. The highest BCUT2D eigenvalue weighted by Gasteiger charge is 2.45. The lowest BCUT2D eigenvalue weighted by atomic mass is 9.94. The number of hydrogen-bond acceptors (Lipinski definition) is 4. The Bertz CT molecular complexity index is 991. The first-order valence-corrected chi connectivity index (χ1v) is 11.0. The molecule has 2 aromatic carbocycles. The summed E-state index contributed by atoms with van der Waals surface area (Å²) in [6.45, 7) is 8.99. The Labute approximate surface area is 184 Å². The van der Waals surface area contributed by atoms with Crippen LogP contribution in [-0.4, -0.2) is 34.8 Å². The first kappa shape index (κ1) is 22.6. The Hall–Kier alpha value is -3.08. The van der Waals surface area contributed by atoms with Crippen molar-refractivity contribution in [1.29, 1.82) is 0 Å². The second kappa shape index (κ2) is 9.82. The Balaban J connectivity index is 2.10. The summed E-state index contributed by atoms with van der Waals surface area (Å²) in [5, 5.41) is 11.1. The van der Waals surface area contributed by atoms with Crippen LogP contribution in [0.2, 0.25) is 0 Å². The molecule has 0 bridgehead atoms. The second-order valence-electron chi connectivity index (χ2n) is 8.00. The van der Waals surface area contributed by atoms with Gasteiger partial charge in [-0.2, -0.15) is 0 Å². The van der Waals surface area contributed by atoms with E-state index < -0.39 is 17.7 Å². The first-order valence-electron chi connectivity index (χ1n) is 11.0. The number of amides is 1. The van der Waals surface area contributed by atoms with Crippen molar-refractivity contribution in [3.63, 3.8) is 0 Å². The molecule has 0 spiro atoms. The molecule has 1 N–H and O–H groups in total. The van der Waals surface area contributed by atoms with Crippen LogP contribution in [0.3, 0.4) is 0 Å². The van der Waals surface area contributed by atoms with Crippen LogP contribution in [0.15, 0.2) is 48.0 Å². The summed E-state index contributed by atoms with van der Waals surface area (Å²) in [7, 11) is 0. The van der Waals surface area contributed by atoms with E-state index >= 15 is 0 Å². The molecule has 31 heavy (non-hydrogen) atoms. The van der Waals surface area contributed by atoms with Gasteiger partial charge in [0.05, 0.1) is 18.2 Å². The monoisotopic (exact) mass is 421 g/mol.